The Bertz CT molecular complexity index is 1050. The summed E-state index contributed by atoms with van der Waals surface area (Å²) in [6.07, 6.45) is 12.1. The molecule has 3 unspecified atom stereocenters. The number of fused-ring (bicyclic) bond motifs is 5. The maximum Gasteiger partial charge on any atom is 0.246 e. The predicted molar refractivity (Wildman–Crippen MR) is 136 cm³/mol. The molecular weight excluding hydrogens is 444 g/mol. The molecule has 0 aromatic heterocycles. The van der Waals surface area contributed by atoms with E-state index in [0.29, 0.717) is 34.4 Å². The third-order valence-corrected chi connectivity index (χ3v) is 11.1. The average molecular weight is 483 g/mol. The highest BCUT2D eigenvalue weighted by atomic mass is 32.2. The van der Waals surface area contributed by atoms with E-state index in [1.807, 2.05) is 30.3 Å². The number of anilines is 1. The van der Waals surface area contributed by atoms with Crippen LogP contribution in [0.1, 0.15) is 59.3 Å². The molecule has 4 aliphatic rings. The van der Waals surface area contributed by atoms with Crippen LogP contribution in [0.2, 0.25) is 0 Å². The summed E-state index contributed by atoms with van der Waals surface area (Å²) < 4.78 is 12.2. The van der Waals surface area contributed by atoms with Gasteiger partial charge in [-0.25, -0.2) is 0 Å². The summed E-state index contributed by atoms with van der Waals surface area (Å²) in [6, 6.07) is 7.74. The monoisotopic (exact) mass is 482 g/mol. The zero-order valence-corrected chi connectivity index (χ0v) is 21.7. The van der Waals surface area contributed by atoms with Gasteiger partial charge in [0.1, 0.15) is 0 Å². The van der Waals surface area contributed by atoms with E-state index in [1.165, 1.54) is 0 Å². The van der Waals surface area contributed by atoms with Gasteiger partial charge in [0.05, 0.1) is 21.4 Å². The molecular formula is C28H38N2O3S. The number of amides is 2. The van der Waals surface area contributed by atoms with E-state index in [2.05, 4.69) is 37.1 Å². The Morgan fingerprint density at radius 3 is 2.62 bits per heavy atom. The molecule has 1 aromatic rings. The number of hydrogen-bond acceptors (Lipinski definition) is 3. The number of nitrogens with zero attached hydrogens (tertiary/aromatic N) is 1. The summed E-state index contributed by atoms with van der Waals surface area (Å²) in [7, 11) is -1.15. The maximum atomic E-state index is 13.6. The molecule has 0 spiro atoms. The molecule has 34 heavy (non-hydrogen) atoms. The van der Waals surface area contributed by atoms with Gasteiger partial charge in [0, 0.05) is 30.2 Å². The summed E-state index contributed by atoms with van der Waals surface area (Å²) in [5.74, 6) is 1.93. The summed E-state index contributed by atoms with van der Waals surface area (Å²) >= 11 is 0. The first-order valence-corrected chi connectivity index (χ1v) is 14.5. The number of carbonyl (C=O) groups is 2. The molecule has 1 heterocycles. The molecule has 6 heteroatoms. The fourth-order valence-electron chi connectivity index (χ4n) is 8.44. The summed E-state index contributed by atoms with van der Waals surface area (Å²) in [6.45, 7) is 7.59. The van der Waals surface area contributed by atoms with Gasteiger partial charge in [0.25, 0.3) is 0 Å². The van der Waals surface area contributed by atoms with Crippen molar-refractivity contribution in [2.45, 2.75) is 70.2 Å². The minimum absolute atomic E-state index is 0.00655. The Hall–Kier alpha value is -1.95. The molecule has 5 rings (SSSR count). The third-order valence-electron chi connectivity index (χ3n) is 10.1. The number of benzene rings is 1. The van der Waals surface area contributed by atoms with Crippen LogP contribution in [-0.2, 0) is 20.4 Å². The van der Waals surface area contributed by atoms with Crippen LogP contribution in [0.5, 0.6) is 0 Å². The largest absolute Gasteiger partial charge is 0.336 e. The standard InChI is InChI=1S/C28H38N2O3S/c1-5-30-24-13-10-18-19-11-12-21(26(32)29-22-8-6-7-9-23(22)34(4)33)27(19,2)16-14-20(18)28(24,3)17-15-25(30)31/h6-9,15,17-21,24H,5,10-14,16H2,1-4H3,(H,29,32)/t18-,19-,20+,21?,24?,27-,28+,34?/m0/s1. The van der Waals surface area contributed by atoms with Gasteiger partial charge < -0.3 is 10.2 Å². The van der Waals surface area contributed by atoms with Crippen LogP contribution >= 0.6 is 0 Å². The smallest absolute Gasteiger partial charge is 0.246 e. The fraction of sp³-hybridized carbons (Fsp3) is 0.643. The van der Waals surface area contributed by atoms with Crippen molar-refractivity contribution in [2.24, 2.45) is 34.5 Å². The van der Waals surface area contributed by atoms with Gasteiger partial charge in [0.15, 0.2) is 0 Å². The van der Waals surface area contributed by atoms with E-state index in [-0.39, 0.29) is 28.6 Å². The SMILES string of the molecule is CCN1C(=O)C=C[C@@]2(C)C1CC[C@@H]1[C@H]2CC[C@]2(C)C(C(=O)Nc3ccccc3S(C)=O)CC[C@@H]12. The highest BCUT2D eigenvalue weighted by Gasteiger charge is 2.61. The fourth-order valence-corrected chi connectivity index (χ4v) is 9.14. The number of carbonyl (C=O) groups excluding carboxylic acids is 2. The number of para-hydroxylation sites is 1. The van der Waals surface area contributed by atoms with Crippen LogP contribution in [0.3, 0.4) is 0 Å². The Morgan fingerprint density at radius 2 is 1.88 bits per heavy atom. The molecule has 1 N–H and O–H groups in total. The maximum absolute atomic E-state index is 13.6. The van der Waals surface area contributed by atoms with E-state index in [0.717, 1.165) is 45.1 Å². The normalized spacial score (nSPS) is 39.7. The van der Waals surface area contributed by atoms with Gasteiger partial charge in [-0.1, -0.05) is 32.1 Å². The predicted octanol–water partition coefficient (Wildman–Crippen LogP) is 5.01. The van der Waals surface area contributed by atoms with Crippen molar-refractivity contribution in [3.05, 3.63) is 36.4 Å². The van der Waals surface area contributed by atoms with Crippen LogP contribution in [0, 0.1) is 34.5 Å². The Morgan fingerprint density at radius 1 is 1.12 bits per heavy atom. The summed E-state index contributed by atoms with van der Waals surface area (Å²) in [5.41, 5.74) is 0.699. The van der Waals surface area contributed by atoms with Gasteiger partial charge in [-0.05, 0) is 86.8 Å². The van der Waals surface area contributed by atoms with Gasteiger partial charge in [-0.15, -0.1) is 0 Å². The van der Waals surface area contributed by atoms with Crippen molar-refractivity contribution in [1.29, 1.82) is 0 Å². The van der Waals surface area contributed by atoms with Crippen LogP contribution in [0.15, 0.2) is 41.3 Å². The minimum Gasteiger partial charge on any atom is -0.336 e. The zero-order valence-electron chi connectivity index (χ0n) is 20.9. The molecule has 1 aromatic carbocycles. The highest BCUT2D eigenvalue weighted by molar-refractivity contribution is 7.84. The van der Waals surface area contributed by atoms with Gasteiger partial charge >= 0.3 is 0 Å². The van der Waals surface area contributed by atoms with E-state index < -0.39 is 10.8 Å². The lowest BCUT2D eigenvalue weighted by Crippen LogP contribution is -2.60. The summed E-state index contributed by atoms with van der Waals surface area (Å²) in [4.78, 5) is 28.9. The second kappa shape index (κ2) is 8.61. The van der Waals surface area contributed by atoms with Crippen molar-refractivity contribution in [3.63, 3.8) is 0 Å². The number of nitrogens with one attached hydrogen (secondary N) is 1. The first kappa shape index (κ1) is 23.8. The molecule has 3 fully saturated rings. The minimum atomic E-state index is -1.15. The quantitative estimate of drug-likeness (QED) is 0.656. The third kappa shape index (κ3) is 3.51. The first-order chi connectivity index (χ1) is 16.2. The second-order valence-corrected chi connectivity index (χ2v) is 12.8. The molecule has 3 saturated carbocycles. The molecule has 0 saturated heterocycles. The molecule has 1 aliphatic heterocycles. The van der Waals surface area contributed by atoms with E-state index in [4.69, 9.17) is 0 Å². The van der Waals surface area contributed by atoms with Crippen LogP contribution in [0.25, 0.3) is 0 Å². The van der Waals surface area contributed by atoms with E-state index in [9.17, 15) is 13.8 Å². The molecule has 8 atom stereocenters. The van der Waals surface area contributed by atoms with E-state index in [1.54, 1.807) is 6.26 Å². The van der Waals surface area contributed by atoms with Crippen molar-refractivity contribution in [1.82, 2.24) is 4.90 Å². The molecule has 3 aliphatic carbocycles. The van der Waals surface area contributed by atoms with Gasteiger partial charge in [0.2, 0.25) is 11.8 Å². The summed E-state index contributed by atoms with van der Waals surface area (Å²) in [5, 5.41) is 3.15. The van der Waals surface area contributed by atoms with Crippen molar-refractivity contribution < 1.29 is 13.8 Å². The van der Waals surface area contributed by atoms with Crippen LogP contribution in [0.4, 0.5) is 5.69 Å². The topological polar surface area (TPSA) is 66.5 Å². The number of rotatable bonds is 4. The lowest BCUT2D eigenvalue weighted by molar-refractivity contribution is -0.143. The second-order valence-electron chi connectivity index (χ2n) is 11.4. The average Bonchev–Trinajstić information content (AvgIpc) is 3.17. The van der Waals surface area contributed by atoms with Crippen molar-refractivity contribution in [3.8, 4) is 0 Å². The molecule has 0 radical (unpaired) electrons. The van der Waals surface area contributed by atoms with E-state index >= 15 is 0 Å². The molecule has 2 amide bonds. The Balaban J connectivity index is 1.38. The molecule has 5 nitrogen and oxygen atoms in total. The van der Waals surface area contributed by atoms with Crippen molar-refractivity contribution >= 4 is 28.3 Å². The van der Waals surface area contributed by atoms with Crippen LogP contribution < -0.4 is 5.32 Å². The van der Waals surface area contributed by atoms with Crippen LogP contribution in [-0.4, -0.2) is 39.8 Å². The molecule has 184 valence electrons. The number of likely N-dealkylation sites (N-methyl/N-ethyl adjacent to an activating group) is 1. The lowest BCUT2D eigenvalue weighted by Gasteiger charge is -2.60. The van der Waals surface area contributed by atoms with Gasteiger partial charge in [-0.2, -0.15) is 0 Å². The Labute approximate surface area is 206 Å². The zero-order chi connectivity index (χ0) is 24.3. The van der Waals surface area contributed by atoms with Gasteiger partial charge in [-0.3, -0.25) is 13.8 Å². The first-order valence-electron chi connectivity index (χ1n) is 12.9. The van der Waals surface area contributed by atoms with Crippen molar-refractivity contribution in [2.75, 3.05) is 18.1 Å². The molecule has 0 bridgehead atoms. The lowest BCUT2D eigenvalue weighted by atomic mass is 9.47. The number of hydrogen-bond donors (Lipinski definition) is 1. The highest BCUT2D eigenvalue weighted by Crippen LogP contribution is 2.65. The Kier molecular flexibility index (Phi) is 6.02.